The molecule has 0 unspecified atom stereocenters. The first-order valence-corrected chi connectivity index (χ1v) is 6.68. The van der Waals surface area contributed by atoms with E-state index >= 15 is 0 Å². The molecule has 0 atom stereocenters. The maximum absolute atomic E-state index is 11.0. The molecule has 0 aromatic heterocycles. The number of hydrogen-bond acceptors (Lipinski definition) is 3. The number of rotatable bonds is 7. The van der Waals surface area contributed by atoms with E-state index in [1.807, 2.05) is 12.1 Å². The summed E-state index contributed by atoms with van der Waals surface area (Å²) < 4.78 is 11.3. The highest BCUT2D eigenvalue weighted by Crippen LogP contribution is 2.29. The number of ether oxygens (including phenoxy) is 2. The normalized spacial score (nSPS) is 14.9. The molecule has 0 radical (unpaired) electrons. The Morgan fingerprint density at radius 3 is 2.78 bits per heavy atom. The van der Waals surface area contributed by atoms with Crippen LogP contribution in [0.4, 0.5) is 0 Å². The lowest BCUT2D eigenvalue weighted by molar-refractivity contribution is 0.111. The Morgan fingerprint density at radius 1 is 1.33 bits per heavy atom. The van der Waals surface area contributed by atoms with Crippen LogP contribution in [0.15, 0.2) is 18.2 Å². The highest BCUT2D eigenvalue weighted by Gasteiger charge is 2.18. The Kier molecular flexibility index (Phi) is 4.62. The summed E-state index contributed by atoms with van der Waals surface area (Å²) in [6.45, 7) is 3.45. The maximum Gasteiger partial charge on any atom is 0.153 e. The van der Waals surface area contributed by atoms with Gasteiger partial charge in [-0.2, -0.15) is 0 Å². The molecule has 1 aromatic carbocycles. The van der Waals surface area contributed by atoms with Crippen molar-refractivity contribution < 1.29 is 14.3 Å². The predicted octanol–water partition coefficient (Wildman–Crippen LogP) is 3.47. The van der Waals surface area contributed by atoms with Gasteiger partial charge in [0.1, 0.15) is 11.5 Å². The first kappa shape index (κ1) is 12.9. The molecular formula is C15H20O3. The molecule has 1 fully saturated rings. The largest absolute Gasteiger partial charge is 0.493 e. The standard InChI is InChI=1S/C15H20O3/c1-2-8-17-14-7-6-13(10-16)15(9-14)18-11-12-4-3-5-12/h6-7,9-10,12H,2-5,8,11H2,1H3. The number of carbonyl (C=O) groups excluding carboxylic acids is 1. The van der Waals surface area contributed by atoms with E-state index in [0.717, 1.165) is 18.5 Å². The SMILES string of the molecule is CCCOc1ccc(C=O)c(OCC2CCC2)c1. The van der Waals surface area contributed by atoms with E-state index in [4.69, 9.17) is 9.47 Å². The lowest BCUT2D eigenvalue weighted by Crippen LogP contribution is -2.19. The van der Waals surface area contributed by atoms with Gasteiger partial charge in [0.2, 0.25) is 0 Å². The zero-order valence-corrected chi connectivity index (χ0v) is 10.9. The second-order valence-corrected chi connectivity index (χ2v) is 4.77. The molecule has 0 saturated heterocycles. The molecule has 18 heavy (non-hydrogen) atoms. The summed E-state index contributed by atoms with van der Waals surface area (Å²) in [7, 11) is 0. The van der Waals surface area contributed by atoms with Gasteiger partial charge in [-0.15, -0.1) is 0 Å². The summed E-state index contributed by atoms with van der Waals surface area (Å²) in [4.78, 5) is 11.0. The highest BCUT2D eigenvalue weighted by atomic mass is 16.5. The highest BCUT2D eigenvalue weighted by molar-refractivity contribution is 5.79. The van der Waals surface area contributed by atoms with Crippen LogP contribution in [-0.2, 0) is 0 Å². The average molecular weight is 248 g/mol. The molecule has 0 heterocycles. The zero-order chi connectivity index (χ0) is 12.8. The summed E-state index contributed by atoms with van der Waals surface area (Å²) >= 11 is 0. The van der Waals surface area contributed by atoms with Crippen molar-refractivity contribution in [2.24, 2.45) is 5.92 Å². The first-order chi connectivity index (χ1) is 8.83. The smallest absolute Gasteiger partial charge is 0.153 e. The topological polar surface area (TPSA) is 35.5 Å². The van der Waals surface area contributed by atoms with Crippen LogP contribution < -0.4 is 9.47 Å². The number of carbonyl (C=O) groups is 1. The molecule has 1 saturated carbocycles. The quantitative estimate of drug-likeness (QED) is 0.693. The first-order valence-electron chi connectivity index (χ1n) is 6.68. The minimum Gasteiger partial charge on any atom is -0.493 e. The van der Waals surface area contributed by atoms with Gasteiger partial charge in [0.05, 0.1) is 18.8 Å². The lowest BCUT2D eigenvalue weighted by atomic mass is 9.86. The van der Waals surface area contributed by atoms with E-state index in [-0.39, 0.29) is 0 Å². The number of aldehydes is 1. The maximum atomic E-state index is 11.0. The van der Waals surface area contributed by atoms with Crippen LogP contribution in [0.3, 0.4) is 0 Å². The van der Waals surface area contributed by atoms with Gasteiger partial charge in [-0.05, 0) is 37.3 Å². The van der Waals surface area contributed by atoms with E-state index in [1.54, 1.807) is 6.07 Å². The van der Waals surface area contributed by atoms with Crippen LogP contribution in [0.2, 0.25) is 0 Å². The fourth-order valence-electron chi connectivity index (χ4n) is 1.91. The molecule has 98 valence electrons. The van der Waals surface area contributed by atoms with Crippen LogP contribution in [0, 0.1) is 5.92 Å². The molecular weight excluding hydrogens is 228 g/mol. The van der Waals surface area contributed by atoms with Crippen LogP contribution in [0.1, 0.15) is 43.0 Å². The second-order valence-electron chi connectivity index (χ2n) is 4.77. The Hall–Kier alpha value is -1.51. The van der Waals surface area contributed by atoms with E-state index in [1.165, 1.54) is 19.3 Å². The van der Waals surface area contributed by atoms with E-state index < -0.39 is 0 Å². The molecule has 3 nitrogen and oxygen atoms in total. The van der Waals surface area contributed by atoms with Gasteiger partial charge in [-0.25, -0.2) is 0 Å². The van der Waals surface area contributed by atoms with Gasteiger partial charge in [0.15, 0.2) is 6.29 Å². The summed E-state index contributed by atoms with van der Waals surface area (Å²) in [5, 5.41) is 0. The van der Waals surface area contributed by atoms with Crippen LogP contribution in [0.25, 0.3) is 0 Å². The average Bonchev–Trinajstić information content (AvgIpc) is 2.34. The molecule has 3 heteroatoms. The summed E-state index contributed by atoms with van der Waals surface area (Å²) in [6, 6.07) is 5.39. The summed E-state index contributed by atoms with van der Waals surface area (Å²) in [5.41, 5.74) is 0.596. The molecule has 0 spiro atoms. The second kappa shape index (κ2) is 6.43. The number of hydrogen-bond donors (Lipinski definition) is 0. The van der Waals surface area contributed by atoms with Crippen molar-refractivity contribution in [2.45, 2.75) is 32.6 Å². The van der Waals surface area contributed by atoms with Crippen molar-refractivity contribution >= 4 is 6.29 Å². The van der Waals surface area contributed by atoms with Crippen molar-refractivity contribution in [1.29, 1.82) is 0 Å². The molecule has 1 aliphatic rings. The van der Waals surface area contributed by atoms with E-state index in [0.29, 0.717) is 30.4 Å². The third-order valence-electron chi connectivity index (χ3n) is 3.28. The van der Waals surface area contributed by atoms with Gasteiger partial charge in [0.25, 0.3) is 0 Å². The third-order valence-corrected chi connectivity index (χ3v) is 3.28. The minimum absolute atomic E-state index is 0.596. The Balaban J connectivity index is 2.00. The van der Waals surface area contributed by atoms with Gasteiger partial charge in [-0.3, -0.25) is 4.79 Å². The van der Waals surface area contributed by atoms with Gasteiger partial charge < -0.3 is 9.47 Å². The fourth-order valence-corrected chi connectivity index (χ4v) is 1.91. The molecule has 0 N–H and O–H groups in total. The molecule has 2 rings (SSSR count). The Labute approximate surface area is 108 Å². The van der Waals surface area contributed by atoms with Crippen LogP contribution in [0.5, 0.6) is 11.5 Å². The summed E-state index contributed by atoms with van der Waals surface area (Å²) in [5.74, 6) is 2.07. The molecule has 0 amide bonds. The van der Waals surface area contributed by atoms with Gasteiger partial charge >= 0.3 is 0 Å². The Bertz CT molecular complexity index is 397. The van der Waals surface area contributed by atoms with Crippen molar-refractivity contribution in [3.8, 4) is 11.5 Å². The molecule has 0 aliphatic heterocycles. The van der Waals surface area contributed by atoms with Crippen LogP contribution >= 0.6 is 0 Å². The lowest BCUT2D eigenvalue weighted by Gasteiger charge is -2.25. The number of benzene rings is 1. The van der Waals surface area contributed by atoms with Gasteiger partial charge in [0, 0.05) is 6.07 Å². The van der Waals surface area contributed by atoms with Crippen molar-refractivity contribution in [3.05, 3.63) is 23.8 Å². The van der Waals surface area contributed by atoms with Gasteiger partial charge in [-0.1, -0.05) is 13.3 Å². The van der Waals surface area contributed by atoms with E-state index in [2.05, 4.69) is 6.92 Å². The van der Waals surface area contributed by atoms with Crippen molar-refractivity contribution in [1.82, 2.24) is 0 Å². The predicted molar refractivity (Wildman–Crippen MR) is 70.5 cm³/mol. The Morgan fingerprint density at radius 2 is 2.17 bits per heavy atom. The van der Waals surface area contributed by atoms with E-state index in [9.17, 15) is 4.79 Å². The minimum atomic E-state index is 0.596. The van der Waals surface area contributed by atoms with Crippen LogP contribution in [-0.4, -0.2) is 19.5 Å². The monoisotopic (exact) mass is 248 g/mol. The fraction of sp³-hybridized carbons (Fsp3) is 0.533. The summed E-state index contributed by atoms with van der Waals surface area (Å²) in [6.07, 6.45) is 5.58. The van der Waals surface area contributed by atoms with Crippen molar-refractivity contribution in [3.63, 3.8) is 0 Å². The molecule has 1 aromatic rings. The van der Waals surface area contributed by atoms with Crippen molar-refractivity contribution in [2.75, 3.05) is 13.2 Å². The molecule has 1 aliphatic carbocycles. The molecule has 0 bridgehead atoms. The zero-order valence-electron chi connectivity index (χ0n) is 10.9. The third kappa shape index (κ3) is 3.25.